The van der Waals surface area contributed by atoms with Crippen LogP contribution in [0.1, 0.15) is 11.1 Å². The van der Waals surface area contributed by atoms with Gasteiger partial charge in [0.1, 0.15) is 18.2 Å². The van der Waals surface area contributed by atoms with Crippen molar-refractivity contribution in [3.63, 3.8) is 0 Å². The Morgan fingerprint density at radius 1 is 1.22 bits per heavy atom. The van der Waals surface area contributed by atoms with E-state index in [9.17, 15) is 19.5 Å². The summed E-state index contributed by atoms with van der Waals surface area (Å²) in [5.41, 5.74) is 2.27. The summed E-state index contributed by atoms with van der Waals surface area (Å²) in [7, 11) is 0. The molecule has 0 spiro atoms. The molecule has 3 N–H and O–H groups in total. The molecule has 1 heterocycles. The number of halogens is 1. The number of hydrogen-bond donors (Lipinski definition) is 3. The van der Waals surface area contributed by atoms with Crippen LogP contribution in [0, 0.1) is 3.57 Å². The van der Waals surface area contributed by atoms with Crippen LogP contribution in [-0.2, 0) is 22.6 Å². The van der Waals surface area contributed by atoms with Crippen LogP contribution in [-0.4, -0.2) is 28.2 Å². The fraction of sp³-hybridized carbons (Fsp3) is 0.167. The molecule has 9 heteroatoms. The van der Waals surface area contributed by atoms with Gasteiger partial charge in [-0.2, -0.15) is 0 Å². The smallest absolute Gasteiger partial charge is 0.417 e. The van der Waals surface area contributed by atoms with E-state index >= 15 is 0 Å². The van der Waals surface area contributed by atoms with Crippen LogP contribution >= 0.6 is 22.6 Å². The molecule has 3 aromatic rings. The third-order valence-electron chi connectivity index (χ3n) is 3.79. The third kappa shape index (κ3) is 4.88. The maximum Gasteiger partial charge on any atom is 0.417 e. The van der Waals surface area contributed by atoms with Gasteiger partial charge in [-0.3, -0.25) is 4.98 Å². The van der Waals surface area contributed by atoms with Gasteiger partial charge < -0.3 is 19.6 Å². The van der Waals surface area contributed by atoms with Crippen LogP contribution in [0.25, 0.3) is 11.1 Å². The molecule has 8 nitrogen and oxygen atoms in total. The van der Waals surface area contributed by atoms with E-state index in [1.807, 2.05) is 40.8 Å². The van der Waals surface area contributed by atoms with Gasteiger partial charge in [0.05, 0.1) is 0 Å². The van der Waals surface area contributed by atoms with E-state index in [1.54, 1.807) is 24.3 Å². The number of oxazole rings is 1. The first-order valence-corrected chi connectivity index (χ1v) is 9.01. The second-order valence-electron chi connectivity index (χ2n) is 5.77. The largest absolute Gasteiger partial charge is 0.480 e. The van der Waals surface area contributed by atoms with Gasteiger partial charge in [0.2, 0.25) is 0 Å². The van der Waals surface area contributed by atoms with Crippen LogP contribution < -0.4 is 11.1 Å². The number of nitrogens with one attached hydrogen (secondary N) is 2. The normalized spacial score (nSPS) is 11.9. The van der Waals surface area contributed by atoms with Crippen molar-refractivity contribution in [1.82, 2.24) is 10.3 Å². The number of ether oxygens (including phenoxy) is 1. The van der Waals surface area contributed by atoms with Gasteiger partial charge in [0.25, 0.3) is 0 Å². The summed E-state index contributed by atoms with van der Waals surface area (Å²) in [4.78, 5) is 37.3. The van der Waals surface area contributed by atoms with Crippen molar-refractivity contribution in [2.24, 2.45) is 0 Å². The summed E-state index contributed by atoms with van der Waals surface area (Å²) in [6, 6.07) is 11.2. The average molecular weight is 482 g/mol. The lowest BCUT2D eigenvalue weighted by Gasteiger charge is -2.15. The summed E-state index contributed by atoms with van der Waals surface area (Å²) in [6.45, 7) is 0.0391. The Labute approximate surface area is 166 Å². The van der Waals surface area contributed by atoms with Gasteiger partial charge in [0, 0.05) is 9.99 Å². The highest BCUT2D eigenvalue weighted by molar-refractivity contribution is 14.1. The van der Waals surface area contributed by atoms with E-state index in [-0.39, 0.29) is 13.0 Å². The number of fused-ring (bicyclic) bond motifs is 1. The van der Waals surface area contributed by atoms with Crippen LogP contribution in [0.3, 0.4) is 0 Å². The highest BCUT2D eigenvalue weighted by Gasteiger charge is 2.22. The molecule has 1 amide bonds. The minimum absolute atomic E-state index is 0.0105. The van der Waals surface area contributed by atoms with Gasteiger partial charge in [0.15, 0.2) is 5.58 Å². The van der Waals surface area contributed by atoms with E-state index in [4.69, 9.17) is 9.15 Å². The molecule has 0 bridgehead atoms. The van der Waals surface area contributed by atoms with Crippen LogP contribution in [0.4, 0.5) is 4.79 Å². The minimum Gasteiger partial charge on any atom is -0.480 e. The van der Waals surface area contributed by atoms with Crippen LogP contribution in [0.5, 0.6) is 0 Å². The number of carbonyl (C=O) groups excluding carboxylic acids is 1. The summed E-state index contributed by atoms with van der Waals surface area (Å²) in [5, 5.41) is 11.7. The molecular weight excluding hydrogens is 467 g/mol. The highest BCUT2D eigenvalue weighted by Crippen LogP contribution is 2.21. The Balaban J connectivity index is 1.67. The Bertz CT molecular complexity index is 1030. The topological polar surface area (TPSA) is 122 Å². The predicted octanol–water partition coefficient (Wildman–Crippen LogP) is 2.65. The van der Waals surface area contributed by atoms with E-state index in [0.29, 0.717) is 20.2 Å². The van der Waals surface area contributed by atoms with Crippen LogP contribution in [0.2, 0.25) is 0 Å². The van der Waals surface area contributed by atoms with Gasteiger partial charge in [-0.05, 0) is 45.9 Å². The summed E-state index contributed by atoms with van der Waals surface area (Å²) in [5.74, 6) is -1.78. The number of carbonyl (C=O) groups is 2. The predicted molar refractivity (Wildman–Crippen MR) is 104 cm³/mol. The van der Waals surface area contributed by atoms with Crippen molar-refractivity contribution in [2.45, 2.75) is 19.1 Å². The van der Waals surface area contributed by atoms with Crippen molar-refractivity contribution in [3.8, 4) is 0 Å². The van der Waals surface area contributed by atoms with E-state index in [2.05, 4.69) is 10.3 Å². The summed E-state index contributed by atoms with van der Waals surface area (Å²) >= 11 is 2.02. The monoisotopic (exact) mass is 482 g/mol. The van der Waals surface area contributed by atoms with Gasteiger partial charge in [-0.15, -0.1) is 0 Å². The molecule has 2 aromatic carbocycles. The van der Waals surface area contributed by atoms with Crippen molar-refractivity contribution >= 4 is 45.8 Å². The second kappa shape index (κ2) is 8.25. The molecule has 0 radical (unpaired) electrons. The van der Waals surface area contributed by atoms with Crippen molar-refractivity contribution in [2.75, 3.05) is 0 Å². The number of hydrogen-bond acceptors (Lipinski definition) is 5. The second-order valence-corrected chi connectivity index (χ2v) is 6.93. The van der Waals surface area contributed by atoms with Crippen molar-refractivity contribution in [3.05, 3.63) is 67.7 Å². The molecule has 1 atom stereocenters. The zero-order chi connectivity index (χ0) is 19.4. The minimum atomic E-state index is -1.20. The number of aromatic nitrogens is 1. The summed E-state index contributed by atoms with van der Waals surface area (Å²) in [6.07, 6.45) is -0.813. The zero-order valence-electron chi connectivity index (χ0n) is 13.9. The number of alkyl carbamates (subject to hydrolysis) is 1. The molecule has 0 saturated carbocycles. The van der Waals surface area contributed by atoms with Crippen molar-refractivity contribution in [1.29, 1.82) is 0 Å². The number of amides is 1. The number of aromatic amines is 1. The number of rotatable bonds is 6. The molecule has 3 rings (SSSR count). The molecule has 0 aliphatic carbocycles. The van der Waals surface area contributed by atoms with Gasteiger partial charge >= 0.3 is 17.8 Å². The SMILES string of the molecule is O=C(N[C@H](Cc1cc(I)c2[nH]c(=O)oc2c1)C(=O)O)OCc1ccccc1. The Kier molecular flexibility index (Phi) is 5.79. The van der Waals surface area contributed by atoms with E-state index < -0.39 is 23.9 Å². The van der Waals surface area contributed by atoms with Crippen LogP contribution in [0.15, 0.2) is 51.7 Å². The van der Waals surface area contributed by atoms with E-state index in [0.717, 1.165) is 5.56 Å². The maximum atomic E-state index is 11.9. The molecule has 0 saturated heterocycles. The molecule has 0 fully saturated rings. The lowest BCUT2D eigenvalue weighted by molar-refractivity contribution is -0.139. The van der Waals surface area contributed by atoms with Gasteiger partial charge in [-0.25, -0.2) is 14.4 Å². The molecular formula is C18H15IN2O6. The quantitative estimate of drug-likeness (QED) is 0.465. The number of benzene rings is 2. The number of carboxylic acids is 1. The zero-order valence-corrected chi connectivity index (χ0v) is 16.1. The molecule has 0 unspecified atom stereocenters. The first-order valence-electron chi connectivity index (χ1n) is 7.93. The standard InChI is InChI=1S/C18H15IN2O6/c19-12-6-11(8-14-15(12)21-18(25)27-14)7-13(16(22)23)20-17(24)26-9-10-4-2-1-3-5-10/h1-6,8,13H,7,9H2,(H,20,24)(H,21,25)(H,22,23)/t13-/m1/s1. The Morgan fingerprint density at radius 3 is 2.67 bits per heavy atom. The van der Waals surface area contributed by atoms with Gasteiger partial charge in [-0.1, -0.05) is 30.3 Å². The fourth-order valence-corrected chi connectivity index (χ4v) is 3.33. The average Bonchev–Trinajstić information content (AvgIpc) is 3.01. The fourth-order valence-electron chi connectivity index (χ4n) is 2.52. The molecule has 27 heavy (non-hydrogen) atoms. The third-order valence-corrected chi connectivity index (χ3v) is 4.64. The Morgan fingerprint density at radius 2 is 1.96 bits per heavy atom. The summed E-state index contributed by atoms with van der Waals surface area (Å²) < 4.78 is 10.8. The lowest BCUT2D eigenvalue weighted by atomic mass is 10.1. The number of H-pyrrole nitrogens is 1. The Hall–Kier alpha value is -2.82. The number of aliphatic carboxylic acids is 1. The van der Waals surface area contributed by atoms with Crippen molar-refractivity contribution < 1.29 is 23.8 Å². The molecule has 0 aliphatic heterocycles. The van der Waals surface area contributed by atoms with E-state index in [1.165, 1.54) is 0 Å². The lowest BCUT2D eigenvalue weighted by Crippen LogP contribution is -2.42. The first-order chi connectivity index (χ1) is 12.9. The number of carboxylic acid groups (broad SMARTS) is 1. The highest BCUT2D eigenvalue weighted by atomic mass is 127. The molecule has 1 aromatic heterocycles. The first kappa shape index (κ1) is 19.0. The maximum absolute atomic E-state index is 11.9. The molecule has 0 aliphatic rings. The molecule has 140 valence electrons.